The van der Waals surface area contributed by atoms with E-state index < -0.39 is 0 Å². The van der Waals surface area contributed by atoms with Crippen molar-refractivity contribution in [3.63, 3.8) is 0 Å². The van der Waals surface area contributed by atoms with Gasteiger partial charge in [0.1, 0.15) is 12.7 Å². The van der Waals surface area contributed by atoms with Crippen LogP contribution in [0.2, 0.25) is 0 Å². The van der Waals surface area contributed by atoms with E-state index in [4.69, 9.17) is 9.47 Å². The van der Waals surface area contributed by atoms with Crippen LogP contribution < -0.4 is 5.32 Å². The molecule has 1 saturated heterocycles. The number of epoxide rings is 1. The van der Waals surface area contributed by atoms with Crippen LogP contribution in [0.15, 0.2) is 24.3 Å². The highest BCUT2D eigenvalue weighted by Crippen LogP contribution is 2.15. The summed E-state index contributed by atoms with van der Waals surface area (Å²) in [7, 11) is 0. The second kappa shape index (κ2) is 16.2. The molecule has 1 atom stereocenters. The van der Waals surface area contributed by atoms with Crippen LogP contribution in [0.1, 0.15) is 107 Å². The summed E-state index contributed by atoms with van der Waals surface area (Å²) < 4.78 is 10.2. The van der Waals surface area contributed by atoms with Crippen molar-refractivity contribution in [1.29, 1.82) is 0 Å². The smallest absolute Gasteiger partial charge is 0.338 e. The second-order valence-corrected chi connectivity index (χ2v) is 8.65. The Morgan fingerprint density at radius 1 is 0.867 bits per heavy atom. The molecule has 0 aromatic heterocycles. The molecule has 0 aliphatic carbocycles. The summed E-state index contributed by atoms with van der Waals surface area (Å²) in [5.74, 6) is -0.274. The lowest BCUT2D eigenvalue weighted by atomic mass is 10.0. The first kappa shape index (κ1) is 24.7. The molecule has 1 fully saturated rings. The van der Waals surface area contributed by atoms with E-state index in [2.05, 4.69) is 12.2 Å². The topological polar surface area (TPSA) is 50.9 Å². The molecule has 0 spiro atoms. The highest BCUT2D eigenvalue weighted by atomic mass is 16.6. The number of unbranched alkanes of at least 4 members (excludes halogenated alkanes) is 13. The number of ether oxygens (including phenoxy) is 2. The average molecular weight is 418 g/mol. The minimum Gasteiger partial charge on any atom is -0.459 e. The Morgan fingerprint density at radius 2 is 1.37 bits per heavy atom. The first-order valence-corrected chi connectivity index (χ1v) is 12.4. The van der Waals surface area contributed by atoms with E-state index in [9.17, 15) is 4.79 Å². The number of benzene rings is 1. The lowest BCUT2D eigenvalue weighted by Gasteiger charge is -2.08. The number of anilines is 1. The van der Waals surface area contributed by atoms with Gasteiger partial charge in [-0.3, -0.25) is 0 Å². The van der Waals surface area contributed by atoms with Crippen molar-refractivity contribution in [1.82, 2.24) is 0 Å². The van der Waals surface area contributed by atoms with Crippen LogP contribution in [0.25, 0.3) is 0 Å². The molecule has 1 aliphatic rings. The minimum absolute atomic E-state index is 0.111. The first-order valence-electron chi connectivity index (χ1n) is 12.4. The predicted octanol–water partition coefficient (Wildman–Crippen LogP) is 7.14. The summed E-state index contributed by atoms with van der Waals surface area (Å²) in [6.07, 6.45) is 19.5. The molecule has 1 aromatic carbocycles. The van der Waals surface area contributed by atoms with Gasteiger partial charge < -0.3 is 14.8 Å². The molecule has 4 nitrogen and oxygen atoms in total. The zero-order valence-electron chi connectivity index (χ0n) is 19.1. The summed E-state index contributed by atoms with van der Waals surface area (Å²) in [4.78, 5) is 11.9. The van der Waals surface area contributed by atoms with Crippen molar-refractivity contribution in [2.75, 3.05) is 25.1 Å². The van der Waals surface area contributed by atoms with Crippen LogP contribution in [0, 0.1) is 0 Å². The summed E-state index contributed by atoms with van der Waals surface area (Å²) in [6, 6.07) is 7.55. The summed E-state index contributed by atoms with van der Waals surface area (Å²) in [5.41, 5.74) is 1.66. The summed E-state index contributed by atoms with van der Waals surface area (Å²) in [6.45, 7) is 4.33. The molecule has 0 radical (unpaired) electrons. The molecule has 1 heterocycles. The van der Waals surface area contributed by atoms with Crippen LogP contribution in [-0.2, 0) is 9.47 Å². The summed E-state index contributed by atoms with van der Waals surface area (Å²) >= 11 is 0. The van der Waals surface area contributed by atoms with E-state index in [0.717, 1.165) is 12.2 Å². The Morgan fingerprint density at radius 3 is 1.87 bits per heavy atom. The third kappa shape index (κ3) is 12.2. The molecule has 1 N–H and O–H groups in total. The lowest BCUT2D eigenvalue weighted by Crippen LogP contribution is -2.10. The van der Waals surface area contributed by atoms with E-state index in [1.54, 1.807) is 0 Å². The van der Waals surface area contributed by atoms with Crippen molar-refractivity contribution >= 4 is 11.7 Å². The van der Waals surface area contributed by atoms with E-state index >= 15 is 0 Å². The fourth-order valence-corrected chi connectivity index (χ4v) is 3.69. The van der Waals surface area contributed by atoms with Crippen molar-refractivity contribution in [3.8, 4) is 0 Å². The van der Waals surface area contributed by atoms with E-state index in [-0.39, 0.29) is 12.1 Å². The van der Waals surface area contributed by atoms with Crippen molar-refractivity contribution in [3.05, 3.63) is 29.8 Å². The number of rotatable bonds is 19. The Hall–Kier alpha value is -1.55. The number of nitrogens with one attached hydrogen (secondary N) is 1. The molecule has 1 aromatic rings. The second-order valence-electron chi connectivity index (χ2n) is 8.65. The molecular weight excluding hydrogens is 374 g/mol. The molecule has 0 saturated carbocycles. The highest BCUT2D eigenvalue weighted by molar-refractivity contribution is 5.89. The van der Waals surface area contributed by atoms with Gasteiger partial charge in [-0.2, -0.15) is 0 Å². The average Bonchev–Trinajstić information content (AvgIpc) is 3.60. The Balaban J connectivity index is 1.36. The molecule has 0 bridgehead atoms. The fourth-order valence-electron chi connectivity index (χ4n) is 3.69. The maximum atomic E-state index is 11.9. The first-order chi connectivity index (χ1) is 14.8. The quantitative estimate of drug-likeness (QED) is 0.148. The van der Waals surface area contributed by atoms with Gasteiger partial charge in [0, 0.05) is 12.2 Å². The zero-order chi connectivity index (χ0) is 21.3. The van der Waals surface area contributed by atoms with Gasteiger partial charge in [0.15, 0.2) is 0 Å². The third-order valence-corrected chi connectivity index (χ3v) is 5.78. The van der Waals surface area contributed by atoms with Gasteiger partial charge in [-0.25, -0.2) is 4.79 Å². The molecule has 0 amide bonds. The lowest BCUT2D eigenvalue weighted by molar-refractivity contribution is 0.0476. The fraction of sp³-hybridized carbons (Fsp3) is 0.731. The van der Waals surface area contributed by atoms with Crippen molar-refractivity contribution in [2.45, 2.75) is 103 Å². The van der Waals surface area contributed by atoms with Gasteiger partial charge in [0.05, 0.1) is 12.2 Å². The molecule has 30 heavy (non-hydrogen) atoms. The maximum absolute atomic E-state index is 11.9. The van der Waals surface area contributed by atoms with Gasteiger partial charge in [-0.1, -0.05) is 90.4 Å². The van der Waals surface area contributed by atoms with E-state index in [1.165, 1.54) is 89.9 Å². The van der Waals surface area contributed by atoms with Crippen LogP contribution >= 0.6 is 0 Å². The Labute approximate surface area is 184 Å². The van der Waals surface area contributed by atoms with Gasteiger partial charge in [0.2, 0.25) is 0 Å². The molecular formula is C26H43NO3. The van der Waals surface area contributed by atoms with Gasteiger partial charge in [-0.15, -0.1) is 0 Å². The molecule has 2 rings (SSSR count). The molecule has 170 valence electrons. The standard InChI is InChI=1S/C26H43NO3/c1-2-3-4-5-6-7-8-9-10-11-12-13-14-15-20-27-24-18-16-23(17-19-24)26(28)30-22-25-21-29-25/h16-19,25,27H,2-15,20-22H2,1H3. The van der Waals surface area contributed by atoms with E-state index in [1.807, 2.05) is 24.3 Å². The van der Waals surface area contributed by atoms with Crippen molar-refractivity contribution < 1.29 is 14.3 Å². The van der Waals surface area contributed by atoms with Crippen LogP contribution in [0.4, 0.5) is 5.69 Å². The zero-order valence-corrected chi connectivity index (χ0v) is 19.1. The normalized spacial score (nSPS) is 15.2. The van der Waals surface area contributed by atoms with E-state index in [0.29, 0.717) is 18.8 Å². The molecule has 4 heteroatoms. The number of carbonyl (C=O) groups is 1. The minimum atomic E-state index is -0.274. The van der Waals surface area contributed by atoms with Crippen molar-refractivity contribution in [2.24, 2.45) is 0 Å². The monoisotopic (exact) mass is 417 g/mol. The predicted molar refractivity (Wildman–Crippen MR) is 125 cm³/mol. The largest absolute Gasteiger partial charge is 0.459 e. The van der Waals surface area contributed by atoms with Gasteiger partial charge in [0.25, 0.3) is 0 Å². The van der Waals surface area contributed by atoms with Gasteiger partial charge >= 0.3 is 5.97 Å². The number of hydrogen-bond acceptors (Lipinski definition) is 4. The van der Waals surface area contributed by atoms with Crippen LogP contribution in [0.3, 0.4) is 0 Å². The highest BCUT2D eigenvalue weighted by Gasteiger charge is 2.24. The number of carbonyl (C=O) groups excluding carboxylic acids is 1. The molecule has 1 unspecified atom stereocenters. The summed E-state index contributed by atoms with van der Waals surface area (Å²) in [5, 5.41) is 3.44. The maximum Gasteiger partial charge on any atom is 0.338 e. The SMILES string of the molecule is CCCCCCCCCCCCCCCCNc1ccc(C(=O)OCC2CO2)cc1. The Bertz CT molecular complexity index is 554. The number of hydrogen-bond donors (Lipinski definition) is 1. The molecule has 1 aliphatic heterocycles. The van der Waals surface area contributed by atoms with Gasteiger partial charge in [-0.05, 0) is 30.7 Å². The number of esters is 1. The van der Waals surface area contributed by atoms with Crippen LogP contribution in [-0.4, -0.2) is 31.8 Å². The Kier molecular flexibility index (Phi) is 13.3. The third-order valence-electron chi connectivity index (χ3n) is 5.78. The van der Waals surface area contributed by atoms with Crippen LogP contribution in [0.5, 0.6) is 0 Å².